The van der Waals surface area contributed by atoms with Crippen molar-refractivity contribution in [2.24, 2.45) is 11.1 Å². The summed E-state index contributed by atoms with van der Waals surface area (Å²) in [5.74, 6) is 0.410. The van der Waals surface area contributed by atoms with Crippen LogP contribution in [0.5, 0.6) is 11.5 Å². The van der Waals surface area contributed by atoms with E-state index >= 15 is 0 Å². The Balaban J connectivity index is 2.12. The van der Waals surface area contributed by atoms with E-state index in [1.807, 2.05) is 34.6 Å². The fourth-order valence-electron chi connectivity index (χ4n) is 1.91. The maximum Gasteiger partial charge on any atom is 0.246 e. The van der Waals surface area contributed by atoms with Crippen LogP contribution in [-0.4, -0.2) is 17.7 Å². The first-order valence-electron chi connectivity index (χ1n) is 6.67. The normalized spacial score (nSPS) is 17.7. The molecule has 2 rings (SSSR count). The van der Waals surface area contributed by atoms with Crippen LogP contribution >= 0.6 is 0 Å². The van der Waals surface area contributed by atoms with Gasteiger partial charge in [0.05, 0.1) is 6.04 Å². The van der Waals surface area contributed by atoms with E-state index in [2.05, 4.69) is 5.32 Å². The summed E-state index contributed by atoms with van der Waals surface area (Å²) in [6.07, 6.45) is 0. The van der Waals surface area contributed by atoms with E-state index in [0.29, 0.717) is 17.2 Å². The van der Waals surface area contributed by atoms with Gasteiger partial charge >= 0.3 is 0 Å². The number of amides is 1. The van der Waals surface area contributed by atoms with Gasteiger partial charge in [-0.25, -0.2) is 0 Å². The second-order valence-electron chi connectivity index (χ2n) is 6.60. The number of anilines is 1. The van der Waals surface area contributed by atoms with Gasteiger partial charge in [-0.2, -0.15) is 0 Å². The molecule has 0 saturated carbocycles. The molecule has 0 unspecified atom stereocenters. The monoisotopic (exact) mass is 278 g/mol. The minimum Gasteiger partial charge on any atom is -0.449 e. The largest absolute Gasteiger partial charge is 0.449 e. The molecule has 20 heavy (non-hydrogen) atoms. The molecule has 3 N–H and O–H groups in total. The van der Waals surface area contributed by atoms with Crippen LogP contribution in [0.1, 0.15) is 34.6 Å². The standard InChI is InChI=1S/C15H22N2O3/c1-14(2,3)12(16)13(18)17-9-6-7-10-11(8-9)20-15(4,5)19-10/h6-8,12H,16H2,1-5H3,(H,17,18)/t12-/m1/s1. The zero-order valence-electron chi connectivity index (χ0n) is 12.6. The van der Waals surface area contributed by atoms with Crippen molar-refractivity contribution in [2.45, 2.75) is 46.4 Å². The molecule has 0 aromatic heterocycles. The van der Waals surface area contributed by atoms with Gasteiger partial charge in [-0.05, 0) is 17.5 Å². The quantitative estimate of drug-likeness (QED) is 0.871. The van der Waals surface area contributed by atoms with Gasteiger partial charge in [0, 0.05) is 25.6 Å². The minimum absolute atomic E-state index is 0.212. The van der Waals surface area contributed by atoms with Crippen LogP contribution in [-0.2, 0) is 4.79 Å². The average Bonchev–Trinajstić information content (AvgIpc) is 2.59. The Hall–Kier alpha value is -1.75. The van der Waals surface area contributed by atoms with E-state index in [1.54, 1.807) is 18.2 Å². The summed E-state index contributed by atoms with van der Waals surface area (Å²) in [5.41, 5.74) is 6.29. The number of hydrogen-bond donors (Lipinski definition) is 2. The number of rotatable bonds is 2. The van der Waals surface area contributed by atoms with E-state index in [9.17, 15) is 4.79 Å². The van der Waals surface area contributed by atoms with Crippen LogP contribution in [0.15, 0.2) is 18.2 Å². The van der Waals surface area contributed by atoms with Gasteiger partial charge < -0.3 is 20.5 Å². The Labute approximate surface area is 119 Å². The highest BCUT2D eigenvalue weighted by molar-refractivity contribution is 5.95. The predicted molar refractivity (Wildman–Crippen MR) is 77.8 cm³/mol. The van der Waals surface area contributed by atoms with E-state index in [-0.39, 0.29) is 11.3 Å². The Morgan fingerprint density at radius 3 is 2.45 bits per heavy atom. The first kappa shape index (κ1) is 14.7. The van der Waals surface area contributed by atoms with Gasteiger partial charge in [0.25, 0.3) is 0 Å². The third-order valence-corrected chi connectivity index (χ3v) is 3.14. The summed E-state index contributed by atoms with van der Waals surface area (Å²) < 4.78 is 11.2. The van der Waals surface area contributed by atoms with Crippen molar-refractivity contribution in [3.8, 4) is 11.5 Å². The molecule has 1 aromatic carbocycles. The summed E-state index contributed by atoms with van der Waals surface area (Å²) >= 11 is 0. The summed E-state index contributed by atoms with van der Waals surface area (Å²) in [4.78, 5) is 12.1. The van der Waals surface area contributed by atoms with Crippen molar-refractivity contribution in [1.82, 2.24) is 0 Å². The molecule has 0 saturated heterocycles. The minimum atomic E-state index is -0.674. The van der Waals surface area contributed by atoms with Crippen molar-refractivity contribution in [1.29, 1.82) is 0 Å². The molecule has 0 spiro atoms. The third kappa shape index (κ3) is 3.04. The van der Waals surface area contributed by atoms with Crippen LogP contribution in [0, 0.1) is 5.41 Å². The number of hydrogen-bond acceptors (Lipinski definition) is 4. The SMILES string of the molecule is CC1(C)Oc2ccc(NC(=O)[C@@H](N)C(C)(C)C)cc2O1. The molecule has 110 valence electrons. The smallest absolute Gasteiger partial charge is 0.246 e. The number of carbonyl (C=O) groups is 1. The molecule has 1 aliphatic heterocycles. The molecule has 1 amide bonds. The van der Waals surface area contributed by atoms with Gasteiger partial charge in [-0.15, -0.1) is 0 Å². The molecule has 5 heteroatoms. The summed E-state index contributed by atoms with van der Waals surface area (Å²) in [6.45, 7) is 9.46. The molecule has 1 aliphatic rings. The molecular formula is C15H22N2O3. The lowest BCUT2D eigenvalue weighted by Crippen LogP contribution is -2.45. The number of carbonyl (C=O) groups excluding carboxylic acids is 1. The van der Waals surface area contributed by atoms with Crippen LogP contribution < -0.4 is 20.5 Å². The van der Waals surface area contributed by atoms with Crippen LogP contribution in [0.25, 0.3) is 0 Å². The number of benzene rings is 1. The van der Waals surface area contributed by atoms with Crippen LogP contribution in [0.4, 0.5) is 5.69 Å². The molecule has 0 aliphatic carbocycles. The molecule has 0 fully saturated rings. The van der Waals surface area contributed by atoms with E-state index < -0.39 is 11.8 Å². The lowest BCUT2D eigenvalue weighted by atomic mass is 9.87. The highest BCUT2D eigenvalue weighted by Crippen LogP contribution is 2.40. The first-order valence-corrected chi connectivity index (χ1v) is 6.67. The summed E-state index contributed by atoms with van der Waals surface area (Å²) in [5, 5.41) is 2.81. The first-order chi connectivity index (χ1) is 9.08. The zero-order chi connectivity index (χ0) is 15.1. The lowest BCUT2D eigenvalue weighted by molar-refractivity contribution is -0.119. The second kappa shape index (κ2) is 4.66. The van der Waals surface area contributed by atoms with Crippen LogP contribution in [0.2, 0.25) is 0 Å². The van der Waals surface area contributed by atoms with Gasteiger partial charge in [-0.3, -0.25) is 4.79 Å². The maximum absolute atomic E-state index is 12.1. The van der Waals surface area contributed by atoms with E-state index in [0.717, 1.165) is 0 Å². The molecule has 1 aromatic rings. The molecule has 1 heterocycles. The van der Waals surface area contributed by atoms with Crippen molar-refractivity contribution < 1.29 is 14.3 Å². The second-order valence-corrected chi connectivity index (χ2v) is 6.60. The van der Waals surface area contributed by atoms with Crippen LogP contribution in [0.3, 0.4) is 0 Å². The Morgan fingerprint density at radius 1 is 1.25 bits per heavy atom. The predicted octanol–water partition coefficient (Wildman–Crippen LogP) is 2.51. The summed E-state index contributed by atoms with van der Waals surface area (Å²) in [7, 11) is 0. The van der Waals surface area contributed by atoms with Gasteiger partial charge in [0.15, 0.2) is 11.5 Å². The Bertz CT molecular complexity index is 532. The number of fused-ring (bicyclic) bond motifs is 1. The van der Waals surface area contributed by atoms with E-state index in [1.165, 1.54) is 0 Å². The summed E-state index contributed by atoms with van der Waals surface area (Å²) in [6, 6.07) is 4.72. The average molecular weight is 278 g/mol. The molecular weight excluding hydrogens is 256 g/mol. The van der Waals surface area contributed by atoms with Crippen molar-refractivity contribution in [3.05, 3.63) is 18.2 Å². The molecule has 0 bridgehead atoms. The number of nitrogens with one attached hydrogen (secondary N) is 1. The topological polar surface area (TPSA) is 73.6 Å². The number of nitrogens with two attached hydrogens (primary N) is 1. The maximum atomic E-state index is 12.1. The Morgan fingerprint density at radius 2 is 1.85 bits per heavy atom. The number of ether oxygens (including phenoxy) is 2. The van der Waals surface area contributed by atoms with Gasteiger partial charge in [0.1, 0.15) is 0 Å². The molecule has 0 radical (unpaired) electrons. The highest BCUT2D eigenvalue weighted by Gasteiger charge is 2.32. The van der Waals surface area contributed by atoms with Crippen molar-refractivity contribution in [3.63, 3.8) is 0 Å². The lowest BCUT2D eigenvalue weighted by Gasteiger charge is -2.25. The fourth-order valence-corrected chi connectivity index (χ4v) is 1.91. The van der Waals surface area contributed by atoms with Gasteiger partial charge in [-0.1, -0.05) is 20.8 Å². The van der Waals surface area contributed by atoms with E-state index in [4.69, 9.17) is 15.2 Å². The van der Waals surface area contributed by atoms with Crippen molar-refractivity contribution in [2.75, 3.05) is 5.32 Å². The Kier molecular flexibility index (Phi) is 3.42. The third-order valence-electron chi connectivity index (χ3n) is 3.14. The van der Waals surface area contributed by atoms with Crippen molar-refractivity contribution >= 4 is 11.6 Å². The van der Waals surface area contributed by atoms with Gasteiger partial charge in [0.2, 0.25) is 11.7 Å². The fraction of sp³-hybridized carbons (Fsp3) is 0.533. The zero-order valence-corrected chi connectivity index (χ0v) is 12.6. The highest BCUT2D eigenvalue weighted by atomic mass is 16.7. The molecule has 5 nitrogen and oxygen atoms in total. The molecule has 1 atom stereocenters.